The minimum Gasteiger partial charge on any atom is -0.497 e. The van der Waals surface area contributed by atoms with Gasteiger partial charge < -0.3 is 14.6 Å². The summed E-state index contributed by atoms with van der Waals surface area (Å²) < 4.78 is 7.54. The number of nitrogens with one attached hydrogen (secondary N) is 1. The van der Waals surface area contributed by atoms with Crippen LogP contribution in [0.1, 0.15) is 48.8 Å². The van der Waals surface area contributed by atoms with Crippen LogP contribution in [0.4, 0.5) is 0 Å². The Morgan fingerprint density at radius 3 is 2.64 bits per heavy atom. The molecule has 2 fully saturated rings. The molecule has 2 aliphatic carbocycles. The van der Waals surface area contributed by atoms with Gasteiger partial charge in [0, 0.05) is 30.9 Å². The van der Waals surface area contributed by atoms with Crippen molar-refractivity contribution in [2.45, 2.75) is 50.5 Å². The van der Waals surface area contributed by atoms with Crippen molar-refractivity contribution in [1.82, 2.24) is 14.9 Å². The van der Waals surface area contributed by atoms with E-state index in [-0.39, 0.29) is 11.3 Å². The molecule has 2 aliphatic rings. The van der Waals surface area contributed by atoms with E-state index in [0.717, 1.165) is 36.4 Å². The number of aromatic nitrogens is 2. The summed E-state index contributed by atoms with van der Waals surface area (Å²) in [5.41, 5.74) is 1.97. The SMILES string of the molecule is COc1ccc(C2(C(=O)NCCc3ncc(C)n3C3CC3)CC2)cc1. The predicted molar refractivity (Wildman–Crippen MR) is 95.9 cm³/mol. The van der Waals surface area contributed by atoms with Crippen molar-refractivity contribution in [3.8, 4) is 5.75 Å². The molecule has 4 rings (SSSR count). The molecule has 5 heteroatoms. The maximum Gasteiger partial charge on any atom is 0.230 e. The Morgan fingerprint density at radius 2 is 2.04 bits per heavy atom. The number of carbonyl (C=O) groups excluding carboxylic acids is 1. The van der Waals surface area contributed by atoms with Crippen LogP contribution in [-0.2, 0) is 16.6 Å². The number of methoxy groups -OCH3 is 1. The highest BCUT2D eigenvalue weighted by atomic mass is 16.5. The van der Waals surface area contributed by atoms with Gasteiger partial charge in [-0.2, -0.15) is 0 Å². The number of imidazole rings is 1. The van der Waals surface area contributed by atoms with Gasteiger partial charge in [0.1, 0.15) is 11.6 Å². The van der Waals surface area contributed by atoms with Crippen LogP contribution in [0, 0.1) is 6.92 Å². The maximum absolute atomic E-state index is 12.7. The highest BCUT2D eigenvalue weighted by Crippen LogP contribution is 2.48. The molecule has 132 valence electrons. The van der Waals surface area contributed by atoms with Gasteiger partial charge in [-0.1, -0.05) is 12.1 Å². The molecule has 0 saturated heterocycles. The van der Waals surface area contributed by atoms with E-state index in [1.165, 1.54) is 18.5 Å². The summed E-state index contributed by atoms with van der Waals surface area (Å²) in [5, 5.41) is 3.13. The molecule has 1 amide bonds. The Labute approximate surface area is 148 Å². The third-order valence-corrected chi connectivity index (χ3v) is 5.43. The van der Waals surface area contributed by atoms with Crippen molar-refractivity contribution in [2.24, 2.45) is 0 Å². The zero-order valence-corrected chi connectivity index (χ0v) is 14.9. The Hall–Kier alpha value is -2.30. The van der Waals surface area contributed by atoms with Gasteiger partial charge in [0.2, 0.25) is 5.91 Å². The first kappa shape index (κ1) is 16.2. The number of nitrogens with zero attached hydrogens (tertiary/aromatic N) is 2. The maximum atomic E-state index is 12.7. The number of ether oxygens (including phenoxy) is 1. The number of rotatable bonds is 7. The standard InChI is InChI=1S/C20H25N3O2/c1-14-13-22-18(23(14)16-5-6-16)9-12-21-19(24)20(10-11-20)15-3-7-17(25-2)8-4-15/h3-4,7-8,13,16H,5-6,9-12H2,1-2H3,(H,21,24). The quantitative estimate of drug-likeness (QED) is 0.844. The van der Waals surface area contributed by atoms with Crippen LogP contribution in [-0.4, -0.2) is 29.1 Å². The fourth-order valence-corrected chi connectivity index (χ4v) is 3.65. The molecule has 0 atom stereocenters. The summed E-state index contributed by atoms with van der Waals surface area (Å²) in [5.74, 6) is 2.05. The van der Waals surface area contributed by atoms with Gasteiger partial charge in [-0.05, 0) is 50.3 Å². The lowest BCUT2D eigenvalue weighted by Crippen LogP contribution is -2.36. The molecule has 1 heterocycles. The minimum absolute atomic E-state index is 0.138. The van der Waals surface area contributed by atoms with Crippen molar-refractivity contribution in [3.05, 3.63) is 47.5 Å². The van der Waals surface area contributed by atoms with Gasteiger partial charge in [-0.3, -0.25) is 4.79 Å². The first-order valence-electron chi connectivity index (χ1n) is 9.09. The molecule has 25 heavy (non-hydrogen) atoms. The lowest BCUT2D eigenvalue weighted by molar-refractivity contribution is -0.123. The van der Waals surface area contributed by atoms with Gasteiger partial charge >= 0.3 is 0 Å². The second-order valence-corrected chi connectivity index (χ2v) is 7.23. The molecule has 0 radical (unpaired) electrons. The smallest absolute Gasteiger partial charge is 0.230 e. The van der Waals surface area contributed by atoms with Gasteiger partial charge in [0.05, 0.1) is 12.5 Å². The van der Waals surface area contributed by atoms with E-state index in [1.807, 2.05) is 30.5 Å². The van der Waals surface area contributed by atoms with E-state index >= 15 is 0 Å². The number of amides is 1. The van der Waals surface area contributed by atoms with Crippen LogP contribution >= 0.6 is 0 Å². The third-order valence-electron chi connectivity index (χ3n) is 5.43. The van der Waals surface area contributed by atoms with E-state index in [1.54, 1.807) is 7.11 Å². The van der Waals surface area contributed by atoms with Crippen LogP contribution in [0.15, 0.2) is 30.5 Å². The fraction of sp³-hybridized carbons (Fsp3) is 0.500. The molecular formula is C20H25N3O2. The fourth-order valence-electron chi connectivity index (χ4n) is 3.65. The molecule has 2 aromatic rings. The average Bonchev–Trinajstić information content (AvgIpc) is 3.55. The van der Waals surface area contributed by atoms with Crippen molar-refractivity contribution < 1.29 is 9.53 Å². The molecule has 0 spiro atoms. The number of benzene rings is 1. The number of hydrogen-bond donors (Lipinski definition) is 1. The molecule has 0 aliphatic heterocycles. The Morgan fingerprint density at radius 1 is 1.32 bits per heavy atom. The Kier molecular flexibility index (Phi) is 4.02. The first-order chi connectivity index (χ1) is 12.1. The van der Waals surface area contributed by atoms with Gasteiger partial charge in [-0.15, -0.1) is 0 Å². The molecule has 1 aromatic carbocycles. The summed E-state index contributed by atoms with van der Waals surface area (Å²) >= 11 is 0. The van der Waals surface area contributed by atoms with Crippen LogP contribution in [0.3, 0.4) is 0 Å². The van der Waals surface area contributed by atoms with E-state index < -0.39 is 0 Å². The van der Waals surface area contributed by atoms with E-state index in [2.05, 4.69) is 21.8 Å². The number of carbonyl (C=O) groups is 1. The minimum atomic E-state index is -0.339. The van der Waals surface area contributed by atoms with Crippen LogP contribution in [0.2, 0.25) is 0 Å². The van der Waals surface area contributed by atoms with E-state index in [9.17, 15) is 4.79 Å². The normalized spacial score (nSPS) is 18.0. The molecule has 1 N–H and O–H groups in total. The second-order valence-electron chi connectivity index (χ2n) is 7.23. The molecule has 2 saturated carbocycles. The van der Waals surface area contributed by atoms with Crippen LogP contribution in [0.25, 0.3) is 0 Å². The largest absolute Gasteiger partial charge is 0.497 e. The highest BCUT2D eigenvalue weighted by molar-refractivity contribution is 5.91. The van der Waals surface area contributed by atoms with Gasteiger partial charge in [-0.25, -0.2) is 4.98 Å². The lowest BCUT2D eigenvalue weighted by Gasteiger charge is -2.16. The Balaban J connectivity index is 1.37. The Bertz CT molecular complexity index is 771. The van der Waals surface area contributed by atoms with Crippen LogP contribution in [0.5, 0.6) is 5.75 Å². The third kappa shape index (κ3) is 3.03. The first-order valence-corrected chi connectivity index (χ1v) is 9.09. The van der Waals surface area contributed by atoms with Crippen molar-refractivity contribution >= 4 is 5.91 Å². The molecule has 0 bridgehead atoms. The zero-order valence-electron chi connectivity index (χ0n) is 14.9. The topological polar surface area (TPSA) is 56.1 Å². The number of hydrogen-bond acceptors (Lipinski definition) is 3. The van der Waals surface area contributed by atoms with Crippen LogP contribution < -0.4 is 10.1 Å². The summed E-state index contributed by atoms with van der Waals surface area (Å²) in [4.78, 5) is 17.3. The number of aryl methyl sites for hydroxylation is 1. The van der Waals surface area contributed by atoms with E-state index in [4.69, 9.17) is 4.74 Å². The summed E-state index contributed by atoms with van der Waals surface area (Å²) in [7, 11) is 1.65. The summed E-state index contributed by atoms with van der Waals surface area (Å²) in [6, 6.07) is 8.50. The molecular weight excluding hydrogens is 314 g/mol. The monoisotopic (exact) mass is 339 g/mol. The average molecular weight is 339 g/mol. The van der Waals surface area contributed by atoms with Crippen molar-refractivity contribution in [3.63, 3.8) is 0 Å². The highest BCUT2D eigenvalue weighted by Gasteiger charge is 2.51. The molecule has 0 unspecified atom stereocenters. The van der Waals surface area contributed by atoms with Gasteiger partial charge in [0.15, 0.2) is 0 Å². The van der Waals surface area contributed by atoms with Crippen molar-refractivity contribution in [2.75, 3.05) is 13.7 Å². The molecule has 5 nitrogen and oxygen atoms in total. The van der Waals surface area contributed by atoms with Crippen molar-refractivity contribution in [1.29, 1.82) is 0 Å². The molecule has 1 aromatic heterocycles. The zero-order chi connectivity index (χ0) is 17.4. The predicted octanol–water partition coefficient (Wildman–Crippen LogP) is 2.93. The lowest BCUT2D eigenvalue weighted by atomic mass is 9.95. The summed E-state index contributed by atoms with van der Waals surface area (Å²) in [6.45, 7) is 2.75. The summed E-state index contributed by atoms with van der Waals surface area (Å²) in [6.07, 6.45) is 7.06. The van der Waals surface area contributed by atoms with Gasteiger partial charge in [0.25, 0.3) is 0 Å². The second kappa shape index (κ2) is 6.21. The van der Waals surface area contributed by atoms with E-state index in [0.29, 0.717) is 12.6 Å².